The molecule has 1 rings (SSSR count). The predicted molar refractivity (Wildman–Crippen MR) is 67.7 cm³/mol. The minimum atomic E-state index is -0.427. The van der Waals surface area contributed by atoms with Crippen LogP contribution in [0, 0.1) is 17.3 Å². The number of carbonyl (C=O) groups excluding carboxylic acids is 1. The molecule has 0 heterocycles. The Kier molecular flexibility index (Phi) is 4.99. The van der Waals surface area contributed by atoms with E-state index in [9.17, 15) is 4.79 Å². The number of esters is 1. The molecule has 1 fully saturated rings. The molecule has 0 saturated heterocycles. The second-order valence-electron chi connectivity index (χ2n) is 5.80. The summed E-state index contributed by atoms with van der Waals surface area (Å²) in [6.45, 7) is 8.79. The van der Waals surface area contributed by atoms with Crippen LogP contribution in [0.5, 0.6) is 0 Å². The van der Waals surface area contributed by atoms with Gasteiger partial charge in [-0.2, -0.15) is 0 Å². The summed E-state index contributed by atoms with van der Waals surface area (Å²) in [5, 5.41) is 0. The Morgan fingerprint density at radius 2 is 2.00 bits per heavy atom. The van der Waals surface area contributed by atoms with E-state index in [1.54, 1.807) is 7.11 Å². The molecule has 2 atom stereocenters. The minimum absolute atomic E-state index is 0.0159. The van der Waals surface area contributed by atoms with E-state index in [-0.39, 0.29) is 18.0 Å². The summed E-state index contributed by atoms with van der Waals surface area (Å²) in [6, 6.07) is 0. The van der Waals surface area contributed by atoms with Crippen molar-refractivity contribution in [2.75, 3.05) is 13.7 Å². The first-order chi connectivity index (χ1) is 7.95. The Balaban J connectivity index is 2.81. The quantitative estimate of drug-likeness (QED) is 0.695. The molecule has 3 nitrogen and oxygen atoms in total. The standard InChI is InChI=1S/C14H26O3/c1-10(2)9-17-13(15)14(11(3)4)8-6-7-12(14)16-5/h10-12H,6-9H2,1-5H3. The number of rotatable bonds is 5. The molecule has 0 amide bonds. The fourth-order valence-electron chi connectivity index (χ4n) is 2.83. The van der Waals surface area contributed by atoms with Gasteiger partial charge in [-0.3, -0.25) is 4.79 Å². The molecule has 2 unspecified atom stereocenters. The second-order valence-corrected chi connectivity index (χ2v) is 5.80. The summed E-state index contributed by atoms with van der Waals surface area (Å²) in [7, 11) is 1.70. The van der Waals surface area contributed by atoms with E-state index in [4.69, 9.17) is 9.47 Å². The molecule has 1 saturated carbocycles. The van der Waals surface area contributed by atoms with Crippen molar-refractivity contribution in [3.05, 3.63) is 0 Å². The van der Waals surface area contributed by atoms with E-state index in [2.05, 4.69) is 27.7 Å². The van der Waals surface area contributed by atoms with Gasteiger partial charge in [-0.15, -0.1) is 0 Å². The molecular formula is C14H26O3. The lowest BCUT2D eigenvalue weighted by atomic mass is 9.74. The highest BCUT2D eigenvalue weighted by Crippen LogP contribution is 2.46. The van der Waals surface area contributed by atoms with Gasteiger partial charge in [0.2, 0.25) is 0 Å². The Morgan fingerprint density at radius 3 is 2.47 bits per heavy atom. The highest BCUT2D eigenvalue weighted by atomic mass is 16.5. The van der Waals surface area contributed by atoms with E-state index < -0.39 is 5.41 Å². The first-order valence-electron chi connectivity index (χ1n) is 6.65. The van der Waals surface area contributed by atoms with E-state index in [1.165, 1.54) is 0 Å². The Bertz CT molecular complexity index is 260. The molecule has 1 aliphatic carbocycles. The number of methoxy groups -OCH3 is 1. The normalized spacial score (nSPS) is 29.0. The van der Waals surface area contributed by atoms with E-state index >= 15 is 0 Å². The summed E-state index contributed by atoms with van der Waals surface area (Å²) in [5.74, 6) is 0.575. The van der Waals surface area contributed by atoms with Gasteiger partial charge in [0.25, 0.3) is 0 Å². The first-order valence-corrected chi connectivity index (χ1v) is 6.65. The molecule has 0 aromatic carbocycles. The minimum Gasteiger partial charge on any atom is -0.465 e. The van der Waals surface area contributed by atoms with Crippen molar-refractivity contribution >= 4 is 5.97 Å². The lowest BCUT2D eigenvalue weighted by molar-refractivity contribution is -0.168. The fourth-order valence-corrected chi connectivity index (χ4v) is 2.83. The lowest BCUT2D eigenvalue weighted by Crippen LogP contribution is -2.45. The van der Waals surface area contributed by atoms with Crippen LogP contribution < -0.4 is 0 Å². The van der Waals surface area contributed by atoms with Crippen LogP contribution >= 0.6 is 0 Å². The third-order valence-electron chi connectivity index (χ3n) is 3.87. The number of hydrogen-bond acceptors (Lipinski definition) is 3. The van der Waals surface area contributed by atoms with E-state index in [0.717, 1.165) is 19.3 Å². The maximum atomic E-state index is 12.4. The Morgan fingerprint density at radius 1 is 1.35 bits per heavy atom. The molecule has 0 spiro atoms. The third-order valence-corrected chi connectivity index (χ3v) is 3.87. The fraction of sp³-hybridized carbons (Fsp3) is 0.929. The largest absolute Gasteiger partial charge is 0.465 e. The average molecular weight is 242 g/mol. The summed E-state index contributed by atoms with van der Waals surface area (Å²) in [4.78, 5) is 12.4. The molecule has 0 aliphatic heterocycles. The maximum Gasteiger partial charge on any atom is 0.314 e. The van der Waals surface area contributed by atoms with Gasteiger partial charge in [-0.25, -0.2) is 0 Å². The molecular weight excluding hydrogens is 216 g/mol. The van der Waals surface area contributed by atoms with Crippen LogP contribution in [0.3, 0.4) is 0 Å². The lowest BCUT2D eigenvalue weighted by Gasteiger charge is -2.36. The zero-order valence-electron chi connectivity index (χ0n) is 11.8. The molecule has 17 heavy (non-hydrogen) atoms. The van der Waals surface area contributed by atoms with E-state index in [1.807, 2.05) is 0 Å². The van der Waals surface area contributed by atoms with Gasteiger partial charge in [-0.1, -0.05) is 27.7 Å². The number of ether oxygens (including phenoxy) is 2. The van der Waals surface area contributed by atoms with Crippen LogP contribution in [0.15, 0.2) is 0 Å². The highest BCUT2D eigenvalue weighted by Gasteiger charge is 2.52. The summed E-state index contributed by atoms with van der Waals surface area (Å²) >= 11 is 0. The third kappa shape index (κ3) is 2.82. The second kappa shape index (κ2) is 5.85. The Hall–Kier alpha value is -0.570. The SMILES string of the molecule is COC1CCCC1(C(=O)OCC(C)C)C(C)C. The van der Waals surface area contributed by atoms with Gasteiger partial charge in [0.15, 0.2) is 0 Å². The van der Waals surface area contributed by atoms with Crippen LogP contribution in [-0.2, 0) is 14.3 Å². The molecule has 0 N–H and O–H groups in total. The van der Waals surface area contributed by atoms with Gasteiger partial charge < -0.3 is 9.47 Å². The molecule has 1 aliphatic rings. The monoisotopic (exact) mass is 242 g/mol. The average Bonchev–Trinajstić information content (AvgIpc) is 2.70. The van der Waals surface area contributed by atoms with Crippen LogP contribution in [0.1, 0.15) is 47.0 Å². The predicted octanol–water partition coefficient (Wildman–Crippen LogP) is 3.03. The molecule has 0 radical (unpaired) electrons. The van der Waals surface area contributed by atoms with Crippen molar-refractivity contribution in [1.82, 2.24) is 0 Å². The number of carbonyl (C=O) groups is 1. The molecule has 0 aromatic heterocycles. The van der Waals surface area contributed by atoms with Gasteiger partial charge in [0.1, 0.15) is 0 Å². The zero-order valence-corrected chi connectivity index (χ0v) is 11.8. The van der Waals surface area contributed by atoms with Crippen molar-refractivity contribution in [1.29, 1.82) is 0 Å². The highest BCUT2D eigenvalue weighted by molar-refractivity contribution is 5.78. The van der Waals surface area contributed by atoms with E-state index in [0.29, 0.717) is 12.5 Å². The van der Waals surface area contributed by atoms with Gasteiger partial charge >= 0.3 is 5.97 Å². The van der Waals surface area contributed by atoms with Gasteiger partial charge in [0, 0.05) is 7.11 Å². The first kappa shape index (κ1) is 14.5. The molecule has 0 aromatic rings. The number of hydrogen-bond donors (Lipinski definition) is 0. The van der Waals surface area contributed by atoms with Crippen molar-refractivity contribution < 1.29 is 14.3 Å². The molecule has 100 valence electrons. The van der Waals surface area contributed by atoms with Crippen molar-refractivity contribution in [3.63, 3.8) is 0 Å². The van der Waals surface area contributed by atoms with Crippen LogP contribution in [0.25, 0.3) is 0 Å². The van der Waals surface area contributed by atoms with Crippen molar-refractivity contribution in [2.45, 2.75) is 53.1 Å². The van der Waals surface area contributed by atoms with Crippen LogP contribution in [0.4, 0.5) is 0 Å². The molecule has 0 bridgehead atoms. The van der Waals surface area contributed by atoms with Crippen molar-refractivity contribution in [3.8, 4) is 0 Å². The smallest absolute Gasteiger partial charge is 0.314 e. The van der Waals surface area contributed by atoms with Gasteiger partial charge in [0.05, 0.1) is 18.1 Å². The van der Waals surface area contributed by atoms with Gasteiger partial charge in [-0.05, 0) is 31.1 Å². The molecule has 3 heteroatoms. The summed E-state index contributed by atoms with van der Waals surface area (Å²) in [6.07, 6.45) is 2.92. The van der Waals surface area contributed by atoms with Crippen molar-refractivity contribution in [2.24, 2.45) is 17.3 Å². The summed E-state index contributed by atoms with van der Waals surface area (Å²) in [5.41, 5.74) is -0.427. The van der Waals surface area contributed by atoms with Crippen LogP contribution in [0.2, 0.25) is 0 Å². The summed E-state index contributed by atoms with van der Waals surface area (Å²) < 4.78 is 11.0. The maximum absolute atomic E-state index is 12.4. The van der Waals surface area contributed by atoms with Crippen LogP contribution in [-0.4, -0.2) is 25.8 Å². The topological polar surface area (TPSA) is 35.5 Å². The zero-order chi connectivity index (χ0) is 13.1. The Labute approximate surface area is 105 Å².